The fraction of sp³-hybridized carbons (Fsp3) is 0.419. The topological polar surface area (TPSA) is 60.7 Å². The van der Waals surface area contributed by atoms with Crippen molar-refractivity contribution in [3.8, 4) is 17.2 Å². The second-order valence-electron chi connectivity index (χ2n) is 12.1. The summed E-state index contributed by atoms with van der Waals surface area (Å²) in [6.45, 7) is 15.0. The lowest BCUT2D eigenvalue weighted by molar-refractivity contribution is 0.393. The first-order valence-electron chi connectivity index (χ1n) is 12.1. The Labute approximate surface area is 205 Å². The van der Waals surface area contributed by atoms with Gasteiger partial charge in [0.15, 0.2) is 0 Å². The standard InChI is InChI=1S/C31H40O3/c1-20-14-25(16-21-10-8-12-23(27(21)32)18-30(2,3)4)29(34)26(15-20)17-22-11-9-13-24(28(22)33)19-31(5,6)7/h8-15,32-34H,16-19H2,1-7H3. The number of phenolic OH excluding ortho intramolecular Hbond substituents is 3. The number of aryl methyl sites for hydroxylation is 1. The number of hydrogen-bond donors (Lipinski definition) is 3. The lowest BCUT2D eigenvalue weighted by Gasteiger charge is -2.21. The maximum atomic E-state index is 11.2. The summed E-state index contributed by atoms with van der Waals surface area (Å²) in [4.78, 5) is 0. The van der Waals surface area contributed by atoms with Gasteiger partial charge in [-0.3, -0.25) is 0 Å². The molecule has 182 valence electrons. The van der Waals surface area contributed by atoms with Gasteiger partial charge in [-0.2, -0.15) is 0 Å². The predicted octanol–water partition coefficient (Wildman–Crippen LogP) is 7.47. The average molecular weight is 461 g/mol. The fourth-order valence-electron chi connectivity index (χ4n) is 4.62. The molecule has 0 saturated carbocycles. The van der Waals surface area contributed by atoms with Crippen LogP contribution < -0.4 is 0 Å². The maximum Gasteiger partial charge on any atom is 0.122 e. The molecule has 3 aromatic carbocycles. The lowest BCUT2D eigenvalue weighted by atomic mass is 9.86. The normalized spacial score (nSPS) is 12.2. The molecule has 0 fully saturated rings. The molecule has 34 heavy (non-hydrogen) atoms. The Hall–Kier alpha value is -2.94. The molecule has 3 heteroatoms. The largest absolute Gasteiger partial charge is 0.507 e. The summed E-state index contributed by atoms with van der Waals surface area (Å²) in [5.41, 5.74) is 6.21. The van der Waals surface area contributed by atoms with Gasteiger partial charge in [0.05, 0.1) is 0 Å². The molecule has 0 radical (unpaired) electrons. The van der Waals surface area contributed by atoms with Gasteiger partial charge in [0.2, 0.25) is 0 Å². The van der Waals surface area contributed by atoms with Gasteiger partial charge in [0, 0.05) is 12.8 Å². The van der Waals surface area contributed by atoms with Gasteiger partial charge in [-0.1, -0.05) is 95.6 Å². The average Bonchev–Trinajstić information content (AvgIpc) is 2.69. The van der Waals surface area contributed by atoms with Crippen LogP contribution in [-0.4, -0.2) is 15.3 Å². The summed E-state index contributed by atoms with van der Waals surface area (Å²) in [6.07, 6.45) is 2.45. The minimum Gasteiger partial charge on any atom is -0.507 e. The number of benzene rings is 3. The van der Waals surface area contributed by atoms with Crippen LogP contribution in [0.3, 0.4) is 0 Å². The number of phenols is 3. The van der Waals surface area contributed by atoms with Crippen LogP contribution in [0.15, 0.2) is 48.5 Å². The van der Waals surface area contributed by atoms with E-state index in [4.69, 9.17) is 0 Å². The third kappa shape index (κ3) is 6.56. The summed E-state index contributed by atoms with van der Waals surface area (Å²) in [5, 5.41) is 33.0. The van der Waals surface area contributed by atoms with Gasteiger partial charge in [0.1, 0.15) is 17.2 Å². The van der Waals surface area contributed by atoms with Gasteiger partial charge in [-0.05, 0) is 64.0 Å². The van der Waals surface area contributed by atoms with Crippen molar-refractivity contribution >= 4 is 0 Å². The molecule has 3 N–H and O–H groups in total. The Morgan fingerprint density at radius 2 is 0.853 bits per heavy atom. The quantitative estimate of drug-likeness (QED) is 0.357. The van der Waals surface area contributed by atoms with Gasteiger partial charge >= 0.3 is 0 Å². The molecule has 0 amide bonds. The molecule has 3 nitrogen and oxygen atoms in total. The SMILES string of the molecule is Cc1cc(Cc2cccc(CC(C)(C)C)c2O)c(O)c(Cc2cccc(CC(C)(C)C)c2O)c1. The summed E-state index contributed by atoms with van der Waals surface area (Å²) >= 11 is 0. The molecule has 0 unspecified atom stereocenters. The molecule has 0 bridgehead atoms. The Morgan fingerprint density at radius 3 is 1.21 bits per heavy atom. The number of para-hydroxylation sites is 2. The molecule has 0 aliphatic heterocycles. The summed E-state index contributed by atoms with van der Waals surface area (Å²) in [5.74, 6) is 0.853. The van der Waals surface area contributed by atoms with Gasteiger partial charge in [0.25, 0.3) is 0 Å². The molecule has 0 aromatic heterocycles. The third-order valence-corrected chi connectivity index (χ3v) is 6.02. The van der Waals surface area contributed by atoms with Crippen molar-refractivity contribution in [1.82, 2.24) is 0 Å². The van der Waals surface area contributed by atoms with Crippen molar-refractivity contribution in [2.75, 3.05) is 0 Å². The van der Waals surface area contributed by atoms with Crippen LogP contribution in [0.1, 0.15) is 80.5 Å². The van der Waals surface area contributed by atoms with Crippen LogP contribution in [0.2, 0.25) is 0 Å². The van der Waals surface area contributed by atoms with E-state index in [1.807, 2.05) is 55.5 Å². The second kappa shape index (κ2) is 9.74. The minimum absolute atomic E-state index is 0.0677. The van der Waals surface area contributed by atoms with E-state index in [1.54, 1.807) is 0 Å². The Bertz CT molecular complexity index is 1070. The highest BCUT2D eigenvalue weighted by Gasteiger charge is 2.19. The molecule has 3 rings (SSSR count). The van der Waals surface area contributed by atoms with Crippen molar-refractivity contribution < 1.29 is 15.3 Å². The molecular weight excluding hydrogens is 420 g/mol. The van der Waals surface area contributed by atoms with E-state index < -0.39 is 0 Å². The van der Waals surface area contributed by atoms with Crippen LogP contribution >= 0.6 is 0 Å². The summed E-state index contributed by atoms with van der Waals surface area (Å²) in [6, 6.07) is 15.7. The number of rotatable bonds is 6. The van der Waals surface area contributed by atoms with Crippen molar-refractivity contribution in [3.05, 3.63) is 87.5 Å². The van der Waals surface area contributed by atoms with Crippen molar-refractivity contribution in [2.24, 2.45) is 10.8 Å². The summed E-state index contributed by atoms with van der Waals surface area (Å²) in [7, 11) is 0. The zero-order valence-electron chi connectivity index (χ0n) is 21.8. The lowest BCUT2D eigenvalue weighted by Crippen LogP contribution is -2.10. The molecule has 3 aromatic rings. The highest BCUT2D eigenvalue weighted by Crippen LogP contribution is 2.36. The van der Waals surface area contributed by atoms with E-state index in [0.29, 0.717) is 24.3 Å². The van der Waals surface area contributed by atoms with E-state index in [0.717, 1.165) is 51.8 Å². The molecule has 0 heterocycles. The van der Waals surface area contributed by atoms with E-state index in [2.05, 4.69) is 41.5 Å². The monoisotopic (exact) mass is 460 g/mol. The fourth-order valence-corrected chi connectivity index (χ4v) is 4.62. The molecule has 0 spiro atoms. The van der Waals surface area contributed by atoms with Crippen molar-refractivity contribution in [3.63, 3.8) is 0 Å². The van der Waals surface area contributed by atoms with Crippen molar-refractivity contribution in [2.45, 2.75) is 74.1 Å². The second-order valence-corrected chi connectivity index (χ2v) is 12.1. The van der Waals surface area contributed by atoms with Gasteiger partial charge < -0.3 is 15.3 Å². The smallest absolute Gasteiger partial charge is 0.122 e. The molecular formula is C31H40O3. The van der Waals surface area contributed by atoms with Crippen molar-refractivity contribution in [1.29, 1.82) is 0 Å². The van der Waals surface area contributed by atoms with E-state index >= 15 is 0 Å². The van der Waals surface area contributed by atoms with E-state index in [-0.39, 0.29) is 16.6 Å². The van der Waals surface area contributed by atoms with Gasteiger partial charge in [-0.15, -0.1) is 0 Å². The number of hydrogen-bond acceptors (Lipinski definition) is 3. The van der Waals surface area contributed by atoms with Crippen LogP contribution in [0, 0.1) is 17.8 Å². The highest BCUT2D eigenvalue weighted by atomic mass is 16.3. The zero-order chi connectivity index (χ0) is 25.3. The first-order chi connectivity index (χ1) is 15.7. The molecule has 0 aliphatic carbocycles. The Kier molecular flexibility index (Phi) is 7.35. The van der Waals surface area contributed by atoms with E-state index in [1.165, 1.54) is 0 Å². The first kappa shape index (κ1) is 25.7. The molecule has 0 saturated heterocycles. The zero-order valence-corrected chi connectivity index (χ0v) is 21.8. The third-order valence-electron chi connectivity index (χ3n) is 6.02. The van der Waals surface area contributed by atoms with Crippen LogP contribution in [-0.2, 0) is 25.7 Å². The van der Waals surface area contributed by atoms with Crippen LogP contribution in [0.4, 0.5) is 0 Å². The Balaban J connectivity index is 1.93. The maximum absolute atomic E-state index is 11.2. The Morgan fingerprint density at radius 1 is 0.529 bits per heavy atom. The van der Waals surface area contributed by atoms with E-state index in [9.17, 15) is 15.3 Å². The van der Waals surface area contributed by atoms with Crippen LogP contribution in [0.5, 0.6) is 17.2 Å². The summed E-state index contributed by atoms with van der Waals surface area (Å²) < 4.78 is 0. The van der Waals surface area contributed by atoms with Gasteiger partial charge in [-0.25, -0.2) is 0 Å². The predicted molar refractivity (Wildman–Crippen MR) is 141 cm³/mol. The molecule has 0 atom stereocenters. The highest BCUT2D eigenvalue weighted by molar-refractivity contribution is 5.52. The van der Waals surface area contributed by atoms with Crippen LogP contribution in [0.25, 0.3) is 0 Å². The number of aromatic hydroxyl groups is 3. The first-order valence-corrected chi connectivity index (χ1v) is 12.1. The minimum atomic E-state index is 0.0677. The molecule has 0 aliphatic rings.